The van der Waals surface area contributed by atoms with Crippen LogP contribution in [-0.2, 0) is 11.2 Å². The van der Waals surface area contributed by atoms with Gasteiger partial charge in [-0.1, -0.05) is 48.0 Å². The Balaban J connectivity index is 0.00000280. The van der Waals surface area contributed by atoms with Crippen molar-refractivity contribution in [3.8, 4) is 22.8 Å². The summed E-state index contributed by atoms with van der Waals surface area (Å²) in [5.41, 5.74) is 8.95. The number of nitrogens with zero attached hydrogens (tertiary/aromatic N) is 1. The maximum absolute atomic E-state index is 10.8. The molecule has 0 fully saturated rings. The summed E-state index contributed by atoms with van der Waals surface area (Å²) in [7, 11) is 0. The van der Waals surface area contributed by atoms with Gasteiger partial charge in [-0.25, -0.2) is 4.98 Å². The quantitative estimate of drug-likeness (QED) is 0.565. The van der Waals surface area contributed by atoms with Gasteiger partial charge in [-0.2, -0.15) is 0 Å². The Hall–Kier alpha value is -2.60. The minimum atomic E-state index is -0.885. The van der Waals surface area contributed by atoms with Crippen LogP contribution in [0, 0.1) is 0 Å². The Labute approximate surface area is 174 Å². The van der Waals surface area contributed by atoms with E-state index in [1.807, 2.05) is 48.5 Å². The fourth-order valence-electron chi connectivity index (χ4n) is 2.74. The van der Waals surface area contributed by atoms with E-state index in [4.69, 9.17) is 27.2 Å². The number of hydrogen-bond acceptors (Lipinski definition) is 4. The third-order valence-corrected chi connectivity index (χ3v) is 4.20. The molecule has 146 valence electrons. The van der Waals surface area contributed by atoms with E-state index in [-0.39, 0.29) is 18.8 Å². The second-order valence-corrected chi connectivity index (χ2v) is 6.64. The summed E-state index contributed by atoms with van der Waals surface area (Å²) in [5.74, 6) is 0.263. The van der Waals surface area contributed by atoms with E-state index in [2.05, 4.69) is 4.98 Å². The van der Waals surface area contributed by atoms with E-state index in [1.54, 1.807) is 12.1 Å². The van der Waals surface area contributed by atoms with Gasteiger partial charge in [0.2, 0.25) is 5.88 Å². The molecule has 28 heavy (non-hydrogen) atoms. The van der Waals surface area contributed by atoms with Gasteiger partial charge >= 0.3 is 5.97 Å². The number of carboxylic acid groups (broad SMARTS) is 1. The highest BCUT2D eigenvalue weighted by Gasteiger charge is 2.09. The predicted octanol–water partition coefficient (Wildman–Crippen LogP) is 4.96. The van der Waals surface area contributed by atoms with Gasteiger partial charge in [0.15, 0.2) is 0 Å². The van der Waals surface area contributed by atoms with Gasteiger partial charge in [0.05, 0.1) is 11.4 Å². The van der Waals surface area contributed by atoms with Gasteiger partial charge in [-0.05, 0) is 41.3 Å². The van der Waals surface area contributed by atoms with Crippen LogP contribution in [-0.4, -0.2) is 22.1 Å². The number of nitrogens with two attached hydrogens (primary N) is 1. The summed E-state index contributed by atoms with van der Waals surface area (Å²) in [5, 5.41) is 9.39. The molecule has 0 aliphatic carbocycles. The topological polar surface area (TPSA) is 85.4 Å². The number of hydrogen-bond donors (Lipinski definition) is 2. The standard InChI is InChI=1S/C21H19ClN2O3.ClH/c22-17-6-9-20(24-13-17)27-19-7-4-15(5-8-19)16-3-1-2-14(10-16)11-18(23)12-21(25)26;/h1-10,13,18H,11-12,23H2,(H,25,26);1H. The number of carbonyl (C=O) groups is 1. The van der Waals surface area contributed by atoms with Crippen molar-refractivity contribution in [2.24, 2.45) is 5.73 Å². The molecule has 0 aliphatic heterocycles. The van der Waals surface area contributed by atoms with Gasteiger partial charge in [-0.15, -0.1) is 12.4 Å². The zero-order valence-electron chi connectivity index (χ0n) is 14.9. The molecule has 1 aromatic heterocycles. The normalized spacial score (nSPS) is 11.4. The van der Waals surface area contributed by atoms with Crippen LogP contribution in [0.1, 0.15) is 12.0 Å². The number of carboxylic acids is 1. The molecule has 5 nitrogen and oxygen atoms in total. The van der Waals surface area contributed by atoms with Crippen LogP contribution in [0.3, 0.4) is 0 Å². The molecule has 3 rings (SSSR count). The number of aliphatic carboxylic acids is 1. The maximum atomic E-state index is 10.8. The minimum absolute atomic E-state index is 0. The molecule has 7 heteroatoms. The summed E-state index contributed by atoms with van der Waals surface area (Å²) in [4.78, 5) is 14.9. The van der Waals surface area contributed by atoms with Crippen molar-refractivity contribution in [2.75, 3.05) is 0 Å². The molecule has 1 unspecified atom stereocenters. The lowest BCUT2D eigenvalue weighted by molar-refractivity contribution is -0.137. The van der Waals surface area contributed by atoms with Crippen molar-refractivity contribution in [3.63, 3.8) is 0 Å². The van der Waals surface area contributed by atoms with Crippen LogP contribution < -0.4 is 10.5 Å². The molecule has 0 radical (unpaired) electrons. The molecule has 0 bridgehead atoms. The highest BCUT2D eigenvalue weighted by Crippen LogP contribution is 2.26. The molecule has 0 saturated carbocycles. The van der Waals surface area contributed by atoms with Crippen molar-refractivity contribution < 1.29 is 14.6 Å². The Morgan fingerprint density at radius 1 is 1.11 bits per heavy atom. The molecule has 2 aromatic carbocycles. The lowest BCUT2D eigenvalue weighted by Gasteiger charge is -2.11. The second kappa shape index (κ2) is 10.1. The van der Waals surface area contributed by atoms with E-state index in [9.17, 15) is 4.79 Å². The van der Waals surface area contributed by atoms with Gasteiger partial charge in [0.25, 0.3) is 0 Å². The first-order valence-corrected chi connectivity index (χ1v) is 8.83. The number of rotatable bonds is 7. The Bertz CT molecular complexity index is 916. The first-order valence-electron chi connectivity index (χ1n) is 8.46. The summed E-state index contributed by atoms with van der Waals surface area (Å²) in [6.07, 6.45) is 2.00. The molecule has 1 heterocycles. The van der Waals surface area contributed by atoms with Crippen molar-refractivity contribution >= 4 is 30.0 Å². The van der Waals surface area contributed by atoms with Gasteiger partial charge < -0.3 is 15.6 Å². The molecular formula is C21H20Cl2N2O3. The molecule has 1 atom stereocenters. The summed E-state index contributed by atoms with van der Waals surface area (Å²) in [6.45, 7) is 0. The molecule has 0 spiro atoms. The van der Waals surface area contributed by atoms with E-state index in [0.717, 1.165) is 16.7 Å². The van der Waals surface area contributed by atoms with E-state index in [1.165, 1.54) is 6.20 Å². The highest BCUT2D eigenvalue weighted by atomic mass is 35.5. The number of halogens is 2. The van der Waals surface area contributed by atoms with Gasteiger partial charge in [-0.3, -0.25) is 4.79 Å². The minimum Gasteiger partial charge on any atom is -0.481 e. The molecule has 3 aromatic rings. The molecular weight excluding hydrogens is 399 g/mol. The average Bonchev–Trinajstić information content (AvgIpc) is 2.64. The van der Waals surface area contributed by atoms with Crippen molar-refractivity contribution in [2.45, 2.75) is 18.9 Å². The van der Waals surface area contributed by atoms with Crippen molar-refractivity contribution in [1.29, 1.82) is 0 Å². The Morgan fingerprint density at radius 3 is 2.50 bits per heavy atom. The van der Waals surface area contributed by atoms with E-state index < -0.39 is 12.0 Å². The number of ether oxygens (including phenoxy) is 1. The fourth-order valence-corrected chi connectivity index (χ4v) is 2.85. The van der Waals surface area contributed by atoms with Crippen LogP contribution in [0.2, 0.25) is 5.02 Å². The fraction of sp³-hybridized carbons (Fsp3) is 0.143. The lowest BCUT2D eigenvalue weighted by atomic mass is 9.98. The van der Waals surface area contributed by atoms with Crippen molar-refractivity contribution in [3.05, 3.63) is 77.4 Å². The number of benzene rings is 2. The van der Waals surface area contributed by atoms with E-state index >= 15 is 0 Å². The first kappa shape index (κ1) is 21.7. The van der Waals surface area contributed by atoms with Gasteiger partial charge in [0, 0.05) is 18.3 Å². The van der Waals surface area contributed by atoms with E-state index in [0.29, 0.717) is 23.1 Å². The zero-order chi connectivity index (χ0) is 19.2. The van der Waals surface area contributed by atoms with Crippen LogP contribution in [0.15, 0.2) is 66.9 Å². The third-order valence-electron chi connectivity index (χ3n) is 3.97. The lowest BCUT2D eigenvalue weighted by Crippen LogP contribution is -2.26. The van der Waals surface area contributed by atoms with Crippen LogP contribution in [0.25, 0.3) is 11.1 Å². The number of aromatic nitrogens is 1. The molecule has 3 N–H and O–H groups in total. The average molecular weight is 419 g/mol. The first-order chi connectivity index (χ1) is 13.0. The van der Waals surface area contributed by atoms with Gasteiger partial charge in [0.1, 0.15) is 5.75 Å². The molecule has 0 amide bonds. The molecule has 0 aliphatic rings. The predicted molar refractivity (Wildman–Crippen MR) is 112 cm³/mol. The van der Waals surface area contributed by atoms with Crippen LogP contribution in [0.5, 0.6) is 11.6 Å². The third kappa shape index (κ3) is 6.23. The van der Waals surface area contributed by atoms with Crippen LogP contribution in [0.4, 0.5) is 0 Å². The zero-order valence-corrected chi connectivity index (χ0v) is 16.5. The van der Waals surface area contributed by atoms with Crippen molar-refractivity contribution in [1.82, 2.24) is 4.98 Å². The Kier molecular flexibility index (Phi) is 7.81. The Morgan fingerprint density at radius 2 is 1.86 bits per heavy atom. The monoisotopic (exact) mass is 418 g/mol. The largest absolute Gasteiger partial charge is 0.481 e. The smallest absolute Gasteiger partial charge is 0.304 e. The summed E-state index contributed by atoms with van der Waals surface area (Å²) in [6, 6.07) is 18.6. The summed E-state index contributed by atoms with van der Waals surface area (Å²) < 4.78 is 5.70. The second-order valence-electron chi connectivity index (χ2n) is 6.20. The summed E-state index contributed by atoms with van der Waals surface area (Å²) >= 11 is 5.82. The molecule has 0 saturated heterocycles. The number of pyridine rings is 1. The SMILES string of the molecule is Cl.NC(CC(=O)O)Cc1cccc(-c2ccc(Oc3ccc(Cl)cn3)cc2)c1. The van der Waals surface area contributed by atoms with Crippen LogP contribution >= 0.6 is 24.0 Å². The maximum Gasteiger partial charge on any atom is 0.304 e. The highest BCUT2D eigenvalue weighted by molar-refractivity contribution is 6.30.